The van der Waals surface area contributed by atoms with E-state index in [0.29, 0.717) is 0 Å². The smallest absolute Gasteiger partial charge is 0.212 e. The molecule has 3 heterocycles. The summed E-state index contributed by atoms with van der Waals surface area (Å²) in [5, 5.41) is 9.72. The number of aromatic nitrogens is 4. The van der Waals surface area contributed by atoms with E-state index < -0.39 is 0 Å². The van der Waals surface area contributed by atoms with Crippen LogP contribution in [0.2, 0.25) is 0 Å². The molecule has 1 aliphatic rings. The number of anilines is 1. The first-order valence-corrected chi connectivity index (χ1v) is 9.98. The lowest BCUT2D eigenvalue weighted by atomic mass is 10.2. The Morgan fingerprint density at radius 3 is 2.46 bits per heavy atom. The van der Waals surface area contributed by atoms with E-state index in [1.165, 1.54) is 5.69 Å². The number of fused-ring (bicyclic) bond motifs is 1. The molecule has 0 radical (unpaired) electrons. The number of nitrogens with one attached hydrogen (secondary N) is 1. The van der Waals surface area contributed by atoms with Gasteiger partial charge in [0.1, 0.15) is 5.37 Å². The van der Waals surface area contributed by atoms with Crippen molar-refractivity contribution in [3.8, 4) is 17.1 Å². The second-order valence-electron chi connectivity index (χ2n) is 6.85. The second-order valence-corrected chi connectivity index (χ2v) is 7.92. The van der Waals surface area contributed by atoms with Gasteiger partial charge in [-0.25, -0.2) is 4.68 Å². The first-order chi connectivity index (χ1) is 13.7. The van der Waals surface area contributed by atoms with Crippen LogP contribution in [0.3, 0.4) is 0 Å². The summed E-state index contributed by atoms with van der Waals surface area (Å²) in [7, 11) is 4.07. The lowest BCUT2D eigenvalue weighted by molar-refractivity contribution is 0.774. The molecule has 6 nitrogen and oxygen atoms in total. The van der Waals surface area contributed by atoms with Crippen molar-refractivity contribution in [2.45, 2.75) is 10.5 Å². The molecule has 0 saturated carbocycles. The topological polar surface area (TPSA) is 50.9 Å². The molecule has 0 spiro atoms. The first kappa shape index (κ1) is 16.9. The van der Waals surface area contributed by atoms with Crippen LogP contribution in [-0.2, 0) is 0 Å². The molecular weight excluding hydrogens is 368 g/mol. The van der Waals surface area contributed by atoms with Crippen LogP contribution in [0.25, 0.3) is 17.1 Å². The minimum absolute atomic E-state index is 0.0699. The van der Waals surface area contributed by atoms with Gasteiger partial charge in [0.25, 0.3) is 0 Å². The zero-order valence-corrected chi connectivity index (χ0v) is 16.5. The highest BCUT2D eigenvalue weighted by molar-refractivity contribution is 7.99. The largest absolute Gasteiger partial charge is 0.378 e. The van der Waals surface area contributed by atoms with E-state index >= 15 is 0 Å². The third-order valence-electron chi connectivity index (χ3n) is 4.83. The first-order valence-electron chi connectivity index (χ1n) is 9.10. The van der Waals surface area contributed by atoms with Gasteiger partial charge in [-0.15, -0.1) is 10.2 Å². The van der Waals surface area contributed by atoms with E-state index in [-0.39, 0.29) is 5.37 Å². The van der Waals surface area contributed by atoms with Gasteiger partial charge in [0.05, 0.1) is 5.69 Å². The number of benzene rings is 2. The van der Waals surface area contributed by atoms with Crippen molar-refractivity contribution in [1.29, 1.82) is 0 Å². The van der Waals surface area contributed by atoms with Crippen LogP contribution in [0.5, 0.6) is 0 Å². The molecule has 1 aliphatic heterocycles. The summed E-state index contributed by atoms with van der Waals surface area (Å²) < 4.78 is 4.19. The fourth-order valence-electron chi connectivity index (χ4n) is 3.37. The SMILES string of the molecule is CN(C)c1ccc(-c2nnc3n2NC(c2cccn2-c2ccccc2)S3)cc1. The maximum atomic E-state index is 4.39. The van der Waals surface area contributed by atoms with Crippen molar-refractivity contribution in [2.24, 2.45) is 0 Å². The van der Waals surface area contributed by atoms with E-state index in [2.05, 4.69) is 92.0 Å². The number of nitrogens with zero attached hydrogens (tertiary/aromatic N) is 5. The monoisotopic (exact) mass is 388 g/mol. The molecule has 0 aliphatic carbocycles. The average Bonchev–Trinajstić information content (AvgIpc) is 3.44. The minimum Gasteiger partial charge on any atom is -0.378 e. The standard InChI is InChI=1S/C21H20N6S/c1-25(2)16-12-10-15(11-13-16)19-22-23-21-27(19)24-20(28-21)18-9-6-14-26(18)17-7-4-3-5-8-17/h3-14,20,24H,1-2H3. The van der Waals surface area contributed by atoms with E-state index in [4.69, 9.17) is 0 Å². The molecule has 2 aromatic carbocycles. The Kier molecular flexibility index (Phi) is 4.09. The number of hydrogen-bond donors (Lipinski definition) is 1. The maximum absolute atomic E-state index is 4.39. The summed E-state index contributed by atoms with van der Waals surface area (Å²) in [5.74, 6) is 0.827. The van der Waals surface area contributed by atoms with Gasteiger partial charge in [-0.05, 0) is 48.5 Å². The number of para-hydroxylation sites is 1. The van der Waals surface area contributed by atoms with Crippen molar-refractivity contribution >= 4 is 17.4 Å². The van der Waals surface area contributed by atoms with Crippen molar-refractivity contribution < 1.29 is 0 Å². The van der Waals surface area contributed by atoms with E-state index in [1.54, 1.807) is 11.8 Å². The zero-order valence-electron chi connectivity index (χ0n) is 15.6. The lowest BCUT2D eigenvalue weighted by Crippen LogP contribution is -2.16. The van der Waals surface area contributed by atoms with E-state index in [9.17, 15) is 0 Å². The fraction of sp³-hybridized carbons (Fsp3) is 0.143. The van der Waals surface area contributed by atoms with Crippen molar-refractivity contribution in [3.05, 3.63) is 78.6 Å². The lowest BCUT2D eigenvalue weighted by Gasteiger charge is -2.16. The summed E-state index contributed by atoms with van der Waals surface area (Å²) >= 11 is 1.68. The molecule has 0 bridgehead atoms. The van der Waals surface area contributed by atoms with E-state index in [0.717, 1.165) is 27.9 Å². The van der Waals surface area contributed by atoms with Crippen LogP contribution >= 0.6 is 11.8 Å². The Balaban J connectivity index is 1.44. The molecule has 1 atom stereocenters. The third-order valence-corrected chi connectivity index (χ3v) is 5.89. The van der Waals surface area contributed by atoms with Gasteiger partial charge in [0.15, 0.2) is 5.82 Å². The Labute approximate surface area is 167 Å². The molecular formula is C21H20N6S. The predicted octanol–water partition coefficient (Wildman–Crippen LogP) is 4.15. The third kappa shape index (κ3) is 2.84. The highest BCUT2D eigenvalue weighted by atomic mass is 32.2. The van der Waals surface area contributed by atoms with Gasteiger partial charge in [-0.1, -0.05) is 30.0 Å². The van der Waals surface area contributed by atoms with Crippen LogP contribution < -0.4 is 10.3 Å². The van der Waals surface area contributed by atoms with Gasteiger partial charge in [-0.2, -0.15) is 0 Å². The van der Waals surface area contributed by atoms with Gasteiger partial charge in [0, 0.05) is 37.2 Å². The summed E-state index contributed by atoms with van der Waals surface area (Å²) in [6.45, 7) is 0. The van der Waals surface area contributed by atoms with Crippen LogP contribution in [-0.4, -0.2) is 33.5 Å². The van der Waals surface area contributed by atoms with Crippen LogP contribution in [0.4, 0.5) is 5.69 Å². The predicted molar refractivity (Wildman–Crippen MR) is 114 cm³/mol. The number of rotatable bonds is 4. The van der Waals surface area contributed by atoms with E-state index in [1.807, 2.05) is 24.8 Å². The van der Waals surface area contributed by atoms with Gasteiger partial charge in [0.2, 0.25) is 5.16 Å². The maximum Gasteiger partial charge on any atom is 0.212 e. The molecule has 1 N–H and O–H groups in total. The van der Waals surface area contributed by atoms with Gasteiger partial charge in [-0.3, -0.25) is 0 Å². The summed E-state index contributed by atoms with van der Waals surface area (Å²) in [4.78, 5) is 2.08. The van der Waals surface area contributed by atoms with Crippen LogP contribution in [0.1, 0.15) is 11.1 Å². The fourth-order valence-corrected chi connectivity index (χ4v) is 4.38. The molecule has 140 valence electrons. The Hall–Kier alpha value is -3.19. The highest BCUT2D eigenvalue weighted by Gasteiger charge is 2.30. The summed E-state index contributed by atoms with van der Waals surface area (Å²) in [5.41, 5.74) is 8.07. The summed E-state index contributed by atoms with van der Waals surface area (Å²) in [6.07, 6.45) is 2.09. The average molecular weight is 389 g/mol. The second kappa shape index (κ2) is 6.76. The van der Waals surface area contributed by atoms with Gasteiger partial charge >= 0.3 is 0 Å². The number of thioether (sulfide) groups is 1. The molecule has 28 heavy (non-hydrogen) atoms. The Bertz CT molecular complexity index is 1100. The molecule has 0 amide bonds. The highest BCUT2D eigenvalue weighted by Crippen LogP contribution is 2.41. The molecule has 0 fully saturated rings. The minimum atomic E-state index is 0.0699. The van der Waals surface area contributed by atoms with Crippen LogP contribution in [0, 0.1) is 0 Å². The summed E-state index contributed by atoms with van der Waals surface area (Å²) in [6, 6.07) is 22.9. The van der Waals surface area contributed by atoms with Crippen molar-refractivity contribution in [1.82, 2.24) is 19.4 Å². The Morgan fingerprint density at radius 1 is 0.929 bits per heavy atom. The molecule has 7 heteroatoms. The molecule has 4 aromatic rings. The normalized spacial score (nSPS) is 15.3. The number of hydrogen-bond acceptors (Lipinski definition) is 5. The molecule has 5 rings (SSSR count). The molecule has 2 aromatic heterocycles. The quantitative estimate of drug-likeness (QED) is 0.569. The molecule has 1 unspecified atom stereocenters. The van der Waals surface area contributed by atoms with Gasteiger partial charge < -0.3 is 14.9 Å². The van der Waals surface area contributed by atoms with Crippen molar-refractivity contribution in [2.75, 3.05) is 24.4 Å². The Morgan fingerprint density at radius 2 is 1.71 bits per heavy atom. The zero-order chi connectivity index (χ0) is 19.1. The molecule has 0 saturated heterocycles. The van der Waals surface area contributed by atoms with Crippen molar-refractivity contribution in [3.63, 3.8) is 0 Å². The van der Waals surface area contributed by atoms with Crippen LogP contribution in [0.15, 0.2) is 78.1 Å².